The number of hydrogen-bond acceptors (Lipinski definition) is 2. The Morgan fingerprint density at radius 2 is 1.61 bits per heavy atom. The summed E-state index contributed by atoms with van der Waals surface area (Å²) in [5.74, 6) is -0.562. The fourth-order valence-corrected chi connectivity index (χ4v) is 2.35. The van der Waals surface area contributed by atoms with Crippen molar-refractivity contribution in [2.24, 2.45) is 0 Å². The van der Waals surface area contributed by atoms with Crippen LogP contribution in [-0.2, 0) is 11.2 Å². The van der Waals surface area contributed by atoms with Crippen LogP contribution in [-0.4, -0.2) is 24.9 Å². The van der Waals surface area contributed by atoms with E-state index in [4.69, 9.17) is 11.6 Å². The molecule has 2 N–H and O–H groups in total. The smallest absolute Gasteiger partial charge is 0.253 e. The van der Waals surface area contributed by atoms with Crippen LogP contribution < -0.4 is 10.6 Å². The molecule has 0 heterocycles. The minimum Gasteiger partial charge on any atom is -0.355 e. The van der Waals surface area contributed by atoms with Crippen LogP contribution in [0.25, 0.3) is 0 Å². The Bertz CT molecular complexity index is 659. The van der Waals surface area contributed by atoms with Crippen LogP contribution in [0.3, 0.4) is 0 Å². The number of carbonyl (C=O) groups is 2. The number of halogens is 1. The average molecular weight is 331 g/mol. The first kappa shape index (κ1) is 17.0. The molecule has 120 valence electrons. The highest BCUT2D eigenvalue weighted by Gasteiger charge is 2.10. The summed E-state index contributed by atoms with van der Waals surface area (Å²) in [7, 11) is 0. The third kappa shape index (κ3) is 5.75. The summed E-state index contributed by atoms with van der Waals surface area (Å²) in [5, 5.41) is 5.72. The summed E-state index contributed by atoms with van der Waals surface area (Å²) < 4.78 is 0. The number of carbonyl (C=O) groups excluding carboxylic acids is 2. The molecule has 0 radical (unpaired) electrons. The van der Waals surface area contributed by atoms with Gasteiger partial charge >= 0.3 is 0 Å². The molecule has 0 aliphatic heterocycles. The van der Waals surface area contributed by atoms with E-state index < -0.39 is 0 Å². The van der Waals surface area contributed by atoms with E-state index in [1.165, 1.54) is 5.56 Å². The lowest BCUT2D eigenvalue weighted by atomic mass is 10.1. The van der Waals surface area contributed by atoms with Gasteiger partial charge in [0.15, 0.2) is 0 Å². The van der Waals surface area contributed by atoms with Crippen molar-refractivity contribution in [3.63, 3.8) is 0 Å². The largest absolute Gasteiger partial charge is 0.355 e. The predicted molar refractivity (Wildman–Crippen MR) is 91.6 cm³/mol. The zero-order chi connectivity index (χ0) is 16.5. The molecule has 0 aliphatic carbocycles. The van der Waals surface area contributed by atoms with Crippen LogP contribution >= 0.6 is 11.6 Å². The van der Waals surface area contributed by atoms with Gasteiger partial charge < -0.3 is 10.6 Å². The maximum absolute atomic E-state index is 11.9. The molecule has 0 saturated carbocycles. The molecule has 2 rings (SSSR count). The van der Waals surface area contributed by atoms with Crippen LogP contribution in [0.5, 0.6) is 0 Å². The molecule has 2 aromatic carbocycles. The fourth-order valence-electron chi connectivity index (χ4n) is 2.13. The molecule has 0 spiro atoms. The number of aryl methyl sites for hydroxylation is 1. The second kappa shape index (κ2) is 8.96. The maximum atomic E-state index is 11.9. The highest BCUT2D eigenvalue weighted by Crippen LogP contribution is 2.14. The maximum Gasteiger partial charge on any atom is 0.253 e. The summed E-state index contributed by atoms with van der Waals surface area (Å²) in [4.78, 5) is 23.6. The Kier molecular flexibility index (Phi) is 6.63. The van der Waals surface area contributed by atoms with Crippen LogP contribution in [0, 0.1) is 0 Å². The molecule has 23 heavy (non-hydrogen) atoms. The lowest BCUT2D eigenvalue weighted by Crippen LogP contribution is -2.37. The second-order valence-electron chi connectivity index (χ2n) is 5.10. The van der Waals surface area contributed by atoms with Crippen molar-refractivity contribution >= 4 is 23.4 Å². The Morgan fingerprint density at radius 1 is 0.913 bits per heavy atom. The zero-order valence-electron chi connectivity index (χ0n) is 12.7. The fraction of sp³-hybridized carbons (Fsp3) is 0.222. The van der Waals surface area contributed by atoms with E-state index in [0.29, 0.717) is 17.1 Å². The van der Waals surface area contributed by atoms with E-state index in [9.17, 15) is 9.59 Å². The summed E-state index contributed by atoms with van der Waals surface area (Å²) in [5.41, 5.74) is 1.61. The van der Waals surface area contributed by atoms with Crippen molar-refractivity contribution in [1.29, 1.82) is 0 Å². The minimum atomic E-state index is -0.352. The standard InChI is InChI=1S/C18H19ClN2O2/c19-16-11-5-4-10-15(16)18(23)21-13-17(22)20-12-6-9-14-7-2-1-3-8-14/h1-5,7-8,10-11H,6,9,12-13H2,(H,20,22)(H,21,23). The van der Waals surface area contributed by atoms with Crippen LogP contribution in [0.4, 0.5) is 0 Å². The topological polar surface area (TPSA) is 58.2 Å². The van der Waals surface area contributed by atoms with Gasteiger partial charge in [-0.15, -0.1) is 0 Å². The van der Waals surface area contributed by atoms with Gasteiger partial charge in [-0.05, 0) is 30.5 Å². The average Bonchev–Trinajstić information content (AvgIpc) is 2.58. The Balaban J connectivity index is 1.65. The highest BCUT2D eigenvalue weighted by atomic mass is 35.5. The number of nitrogens with one attached hydrogen (secondary N) is 2. The second-order valence-corrected chi connectivity index (χ2v) is 5.51. The lowest BCUT2D eigenvalue weighted by Gasteiger charge is -2.08. The SMILES string of the molecule is O=C(CNC(=O)c1ccccc1Cl)NCCCc1ccccc1. The molecule has 5 heteroatoms. The van der Waals surface area contributed by atoms with Gasteiger partial charge in [0.05, 0.1) is 17.1 Å². The van der Waals surface area contributed by atoms with Crippen molar-refractivity contribution in [2.75, 3.05) is 13.1 Å². The molecular weight excluding hydrogens is 312 g/mol. The number of benzene rings is 2. The van der Waals surface area contributed by atoms with Crippen molar-refractivity contribution in [3.8, 4) is 0 Å². The van der Waals surface area contributed by atoms with Gasteiger partial charge in [0.25, 0.3) is 5.91 Å². The first-order valence-electron chi connectivity index (χ1n) is 7.50. The van der Waals surface area contributed by atoms with E-state index >= 15 is 0 Å². The summed E-state index contributed by atoms with van der Waals surface area (Å²) >= 11 is 5.93. The van der Waals surface area contributed by atoms with Gasteiger partial charge in [0.2, 0.25) is 5.91 Å². The van der Waals surface area contributed by atoms with E-state index in [2.05, 4.69) is 22.8 Å². The number of amides is 2. The molecular formula is C18H19ClN2O2. The molecule has 4 nitrogen and oxygen atoms in total. The quantitative estimate of drug-likeness (QED) is 0.767. The predicted octanol–water partition coefficient (Wildman–Crippen LogP) is 2.82. The van der Waals surface area contributed by atoms with Gasteiger partial charge in [0, 0.05) is 6.54 Å². The van der Waals surface area contributed by atoms with Crippen LogP contribution in [0.1, 0.15) is 22.3 Å². The van der Waals surface area contributed by atoms with E-state index in [1.807, 2.05) is 18.2 Å². The highest BCUT2D eigenvalue weighted by molar-refractivity contribution is 6.33. The third-order valence-electron chi connectivity index (χ3n) is 3.34. The summed E-state index contributed by atoms with van der Waals surface area (Å²) in [6.45, 7) is 0.519. The van der Waals surface area contributed by atoms with Gasteiger partial charge in [0.1, 0.15) is 0 Å². The molecule has 0 aliphatic rings. The monoisotopic (exact) mass is 330 g/mol. The lowest BCUT2D eigenvalue weighted by molar-refractivity contribution is -0.120. The molecule has 0 aromatic heterocycles. The van der Waals surface area contributed by atoms with Crippen molar-refractivity contribution in [3.05, 3.63) is 70.7 Å². The molecule has 2 amide bonds. The van der Waals surface area contributed by atoms with Gasteiger partial charge in [-0.25, -0.2) is 0 Å². The third-order valence-corrected chi connectivity index (χ3v) is 3.66. The Hall–Kier alpha value is -2.33. The van der Waals surface area contributed by atoms with Gasteiger partial charge in [-0.1, -0.05) is 54.1 Å². The Labute approximate surface area is 140 Å². The first-order chi connectivity index (χ1) is 11.2. The minimum absolute atomic E-state index is 0.0601. The molecule has 0 fully saturated rings. The van der Waals surface area contributed by atoms with Crippen LogP contribution in [0.2, 0.25) is 5.02 Å². The van der Waals surface area contributed by atoms with Crippen molar-refractivity contribution in [1.82, 2.24) is 10.6 Å². The molecule has 2 aromatic rings. The summed E-state index contributed by atoms with van der Waals surface area (Å²) in [6, 6.07) is 16.8. The molecule has 0 atom stereocenters. The zero-order valence-corrected chi connectivity index (χ0v) is 13.5. The van der Waals surface area contributed by atoms with Crippen LogP contribution in [0.15, 0.2) is 54.6 Å². The van der Waals surface area contributed by atoms with Gasteiger partial charge in [-0.2, -0.15) is 0 Å². The van der Waals surface area contributed by atoms with E-state index in [-0.39, 0.29) is 18.4 Å². The number of rotatable bonds is 7. The van der Waals surface area contributed by atoms with Crippen molar-refractivity contribution in [2.45, 2.75) is 12.8 Å². The van der Waals surface area contributed by atoms with E-state index in [1.54, 1.807) is 24.3 Å². The normalized spacial score (nSPS) is 10.1. The van der Waals surface area contributed by atoms with E-state index in [0.717, 1.165) is 12.8 Å². The first-order valence-corrected chi connectivity index (χ1v) is 7.88. The molecule has 0 bridgehead atoms. The summed E-state index contributed by atoms with van der Waals surface area (Å²) in [6.07, 6.45) is 1.77. The molecule has 0 saturated heterocycles. The molecule has 0 unspecified atom stereocenters. The van der Waals surface area contributed by atoms with Gasteiger partial charge in [-0.3, -0.25) is 9.59 Å². The number of hydrogen-bond donors (Lipinski definition) is 2. The Morgan fingerprint density at radius 3 is 2.35 bits per heavy atom. The van der Waals surface area contributed by atoms with Crippen molar-refractivity contribution < 1.29 is 9.59 Å².